The molecule has 0 bridgehead atoms. The van der Waals surface area contributed by atoms with Crippen molar-refractivity contribution in [1.82, 2.24) is 4.98 Å². The van der Waals surface area contributed by atoms with E-state index in [2.05, 4.69) is 9.88 Å². The van der Waals surface area contributed by atoms with E-state index in [4.69, 9.17) is 4.74 Å². The fourth-order valence-electron chi connectivity index (χ4n) is 2.48. The highest BCUT2D eigenvalue weighted by Crippen LogP contribution is 2.28. The van der Waals surface area contributed by atoms with E-state index in [-0.39, 0.29) is 17.7 Å². The maximum atomic E-state index is 10.6. The van der Waals surface area contributed by atoms with Gasteiger partial charge in [0.15, 0.2) is 6.20 Å². The molecule has 1 N–H and O–H groups in total. The zero-order valence-corrected chi connectivity index (χ0v) is 11.8. The number of pyridine rings is 1. The topological polar surface area (TPSA) is 88.7 Å². The van der Waals surface area contributed by atoms with Gasteiger partial charge in [0.25, 0.3) is 0 Å². The summed E-state index contributed by atoms with van der Waals surface area (Å²) >= 11 is 0. The molecule has 1 saturated heterocycles. The highest BCUT2D eigenvalue weighted by Gasteiger charge is 2.23. The van der Waals surface area contributed by atoms with Crippen LogP contribution < -0.4 is 4.90 Å². The van der Waals surface area contributed by atoms with Crippen molar-refractivity contribution in [2.45, 2.75) is 6.10 Å². The van der Waals surface area contributed by atoms with Crippen molar-refractivity contribution in [2.24, 2.45) is 0 Å². The van der Waals surface area contributed by atoms with Crippen LogP contribution in [0.1, 0.15) is 11.7 Å². The number of aromatic hydroxyl groups is 1. The van der Waals surface area contributed by atoms with E-state index in [1.807, 2.05) is 6.07 Å². The van der Waals surface area contributed by atoms with Crippen LogP contribution in [0.4, 0.5) is 11.5 Å². The summed E-state index contributed by atoms with van der Waals surface area (Å²) in [5, 5.41) is 20.2. The molecule has 0 radical (unpaired) electrons. The van der Waals surface area contributed by atoms with E-state index in [0.717, 1.165) is 11.3 Å². The Kier molecular flexibility index (Phi) is 3.88. The fourth-order valence-corrected chi connectivity index (χ4v) is 2.48. The molecule has 1 atom stereocenters. The van der Waals surface area contributed by atoms with E-state index in [9.17, 15) is 15.2 Å². The van der Waals surface area contributed by atoms with Crippen molar-refractivity contribution >= 4 is 11.5 Å². The molecule has 1 aromatic carbocycles. The Hall–Kier alpha value is -2.67. The summed E-state index contributed by atoms with van der Waals surface area (Å²) in [6.45, 7) is 1.83. The van der Waals surface area contributed by atoms with Crippen molar-refractivity contribution in [2.75, 3.05) is 24.6 Å². The van der Waals surface area contributed by atoms with Crippen LogP contribution in [-0.4, -0.2) is 34.7 Å². The van der Waals surface area contributed by atoms with Crippen molar-refractivity contribution in [3.63, 3.8) is 0 Å². The highest BCUT2D eigenvalue weighted by molar-refractivity contribution is 5.47. The highest BCUT2D eigenvalue weighted by atomic mass is 16.6. The largest absolute Gasteiger partial charge is 0.508 e. The summed E-state index contributed by atoms with van der Waals surface area (Å²) < 4.78 is 5.75. The summed E-state index contributed by atoms with van der Waals surface area (Å²) in [6.07, 6.45) is 1.35. The molecule has 0 aliphatic carbocycles. The molecular formula is C15H15N3O4. The third-order valence-corrected chi connectivity index (χ3v) is 3.59. The van der Waals surface area contributed by atoms with Gasteiger partial charge in [0, 0.05) is 19.2 Å². The van der Waals surface area contributed by atoms with Crippen molar-refractivity contribution in [1.29, 1.82) is 0 Å². The quantitative estimate of drug-likeness (QED) is 0.691. The lowest BCUT2D eigenvalue weighted by Gasteiger charge is -2.34. The average molecular weight is 301 g/mol. The lowest BCUT2D eigenvalue weighted by Crippen LogP contribution is -2.38. The molecule has 0 spiro atoms. The van der Waals surface area contributed by atoms with Gasteiger partial charge in [-0.15, -0.1) is 0 Å². The van der Waals surface area contributed by atoms with Crippen LogP contribution in [0.15, 0.2) is 42.6 Å². The summed E-state index contributed by atoms with van der Waals surface area (Å²) in [4.78, 5) is 16.0. The number of hydrogen-bond acceptors (Lipinski definition) is 6. The number of hydrogen-bond donors (Lipinski definition) is 1. The van der Waals surface area contributed by atoms with Crippen molar-refractivity contribution < 1.29 is 14.8 Å². The lowest BCUT2D eigenvalue weighted by atomic mass is 10.1. The monoisotopic (exact) mass is 301 g/mol. The van der Waals surface area contributed by atoms with Gasteiger partial charge in [0.1, 0.15) is 11.9 Å². The zero-order valence-electron chi connectivity index (χ0n) is 11.8. The van der Waals surface area contributed by atoms with Gasteiger partial charge < -0.3 is 24.9 Å². The van der Waals surface area contributed by atoms with Gasteiger partial charge in [0.05, 0.1) is 12.3 Å². The van der Waals surface area contributed by atoms with Crippen LogP contribution >= 0.6 is 0 Å². The molecule has 1 aliphatic heterocycles. The number of anilines is 1. The first-order valence-electron chi connectivity index (χ1n) is 6.89. The smallest absolute Gasteiger partial charge is 0.363 e. The minimum absolute atomic E-state index is 0.156. The average Bonchev–Trinajstić information content (AvgIpc) is 2.55. The number of phenolic OH excluding ortho intramolecular Hbond substituents is 1. The van der Waals surface area contributed by atoms with Gasteiger partial charge in [-0.3, -0.25) is 0 Å². The number of morpholine rings is 1. The summed E-state index contributed by atoms with van der Waals surface area (Å²) in [5.74, 6) is 0.0387. The minimum Gasteiger partial charge on any atom is -0.508 e. The van der Waals surface area contributed by atoms with E-state index in [1.165, 1.54) is 12.3 Å². The molecule has 22 heavy (non-hydrogen) atoms. The Morgan fingerprint density at radius 1 is 1.36 bits per heavy atom. The molecule has 1 aliphatic rings. The lowest BCUT2D eigenvalue weighted by molar-refractivity contribution is -0.389. The second-order valence-corrected chi connectivity index (χ2v) is 5.03. The maximum absolute atomic E-state index is 10.6. The van der Waals surface area contributed by atoms with Gasteiger partial charge >= 0.3 is 5.82 Å². The summed E-state index contributed by atoms with van der Waals surface area (Å²) in [5.41, 5.74) is 1.72. The Morgan fingerprint density at radius 2 is 2.23 bits per heavy atom. The Balaban J connectivity index is 1.76. The Bertz CT molecular complexity index is 675. The number of nitrogens with zero attached hydrogens (tertiary/aromatic N) is 3. The fraction of sp³-hybridized carbons (Fsp3) is 0.267. The first-order chi connectivity index (χ1) is 10.6. The minimum atomic E-state index is -0.515. The normalized spacial score (nSPS) is 18.2. The van der Waals surface area contributed by atoms with Crippen LogP contribution in [0, 0.1) is 10.1 Å². The van der Waals surface area contributed by atoms with Gasteiger partial charge in [-0.25, -0.2) is 0 Å². The predicted molar refractivity (Wildman–Crippen MR) is 79.9 cm³/mol. The van der Waals surface area contributed by atoms with Crippen LogP contribution in [0.3, 0.4) is 0 Å². The summed E-state index contributed by atoms with van der Waals surface area (Å²) in [6, 6.07) is 10.1. The zero-order chi connectivity index (χ0) is 15.5. The van der Waals surface area contributed by atoms with Gasteiger partial charge in [-0.05, 0) is 33.7 Å². The summed E-state index contributed by atoms with van der Waals surface area (Å²) in [7, 11) is 0. The van der Waals surface area contributed by atoms with Crippen molar-refractivity contribution in [3.05, 3.63) is 58.3 Å². The van der Waals surface area contributed by atoms with Crippen LogP contribution in [-0.2, 0) is 4.74 Å². The Labute approximate surface area is 126 Å². The van der Waals surface area contributed by atoms with Gasteiger partial charge in [-0.1, -0.05) is 12.1 Å². The van der Waals surface area contributed by atoms with Crippen LogP contribution in [0.25, 0.3) is 0 Å². The first kappa shape index (κ1) is 14.3. The number of nitro groups is 1. The van der Waals surface area contributed by atoms with Crippen molar-refractivity contribution in [3.8, 4) is 5.75 Å². The van der Waals surface area contributed by atoms with E-state index in [0.29, 0.717) is 19.7 Å². The maximum Gasteiger partial charge on any atom is 0.363 e. The molecule has 1 aromatic heterocycles. The number of aromatic nitrogens is 1. The molecule has 114 valence electrons. The van der Waals surface area contributed by atoms with Crippen LogP contribution in [0.2, 0.25) is 0 Å². The molecule has 3 rings (SSSR count). The molecule has 0 saturated carbocycles. The van der Waals surface area contributed by atoms with Crippen LogP contribution in [0.5, 0.6) is 5.75 Å². The standard InChI is InChI=1S/C15H15N3O4/c19-13-3-1-2-11(8-13)14-10-17(6-7-22-14)12-4-5-15(16-9-12)18(20)21/h1-5,8-9,14,19H,6-7,10H2/t14-/m0/s1. The van der Waals surface area contributed by atoms with Gasteiger partial charge in [-0.2, -0.15) is 0 Å². The Morgan fingerprint density at radius 3 is 2.91 bits per heavy atom. The SMILES string of the molecule is O=[N+]([O-])c1ccc(N2CCO[C@H](c3cccc(O)c3)C2)cn1. The van der Waals surface area contributed by atoms with E-state index < -0.39 is 4.92 Å². The second-order valence-electron chi connectivity index (χ2n) is 5.03. The molecule has 7 heteroatoms. The third-order valence-electron chi connectivity index (χ3n) is 3.59. The predicted octanol–water partition coefficient (Wildman–Crippen LogP) is 2.27. The number of phenols is 1. The number of rotatable bonds is 3. The number of benzene rings is 1. The molecule has 2 heterocycles. The molecule has 1 fully saturated rings. The molecule has 2 aromatic rings. The number of ether oxygens (including phenoxy) is 1. The van der Waals surface area contributed by atoms with Gasteiger partial charge in [0.2, 0.25) is 0 Å². The third kappa shape index (κ3) is 2.99. The molecular weight excluding hydrogens is 286 g/mol. The second kappa shape index (κ2) is 5.98. The van der Waals surface area contributed by atoms with E-state index in [1.54, 1.807) is 24.3 Å². The molecule has 0 unspecified atom stereocenters. The first-order valence-corrected chi connectivity index (χ1v) is 6.89. The molecule has 7 nitrogen and oxygen atoms in total. The molecule has 0 amide bonds. The van der Waals surface area contributed by atoms with E-state index >= 15 is 0 Å².